The maximum atomic E-state index is 12.9. The molecule has 2 N–H and O–H groups in total. The van der Waals surface area contributed by atoms with Crippen LogP contribution in [0.2, 0.25) is 0 Å². The number of aromatic hydroxyl groups is 1. The Bertz CT molecular complexity index is 898. The fraction of sp³-hybridized carbons (Fsp3) is 0.190. The van der Waals surface area contributed by atoms with Crippen LogP contribution in [0.4, 0.5) is 0 Å². The van der Waals surface area contributed by atoms with E-state index in [2.05, 4.69) is 5.32 Å². The van der Waals surface area contributed by atoms with Gasteiger partial charge in [-0.2, -0.15) is 5.26 Å². The van der Waals surface area contributed by atoms with Gasteiger partial charge in [-0.3, -0.25) is 9.59 Å². The van der Waals surface area contributed by atoms with Crippen molar-refractivity contribution in [2.75, 3.05) is 7.11 Å². The van der Waals surface area contributed by atoms with Crippen molar-refractivity contribution in [2.24, 2.45) is 0 Å². The largest absolute Gasteiger partial charge is 0.504 e. The second-order valence-corrected chi connectivity index (χ2v) is 5.91. The van der Waals surface area contributed by atoms with E-state index in [-0.39, 0.29) is 29.4 Å². The van der Waals surface area contributed by atoms with Crippen LogP contribution in [0, 0.1) is 11.3 Å². The summed E-state index contributed by atoms with van der Waals surface area (Å²) in [6, 6.07) is 14.8. The molecule has 0 bridgehead atoms. The van der Waals surface area contributed by atoms with Crippen molar-refractivity contribution < 1.29 is 19.4 Å². The second-order valence-electron chi connectivity index (χ2n) is 5.91. The summed E-state index contributed by atoms with van der Waals surface area (Å²) < 4.78 is 5.04. The van der Waals surface area contributed by atoms with Gasteiger partial charge in [-0.1, -0.05) is 36.4 Å². The van der Waals surface area contributed by atoms with Crippen molar-refractivity contribution >= 4 is 17.8 Å². The molecule has 0 aliphatic heterocycles. The highest BCUT2D eigenvalue weighted by Gasteiger charge is 2.23. The predicted octanol–water partition coefficient (Wildman–Crippen LogP) is 2.62. The minimum atomic E-state index is -0.852. The molecule has 2 aromatic rings. The Morgan fingerprint density at radius 3 is 2.56 bits per heavy atom. The molecule has 0 fully saturated rings. The predicted molar refractivity (Wildman–Crippen MR) is 101 cm³/mol. The van der Waals surface area contributed by atoms with Crippen LogP contribution in [-0.4, -0.2) is 29.9 Å². The summed E-state index contributed by atoms with van der Waals surface area (Å²) in [5.41, 5.74) is 1.29. The zero-order chi connectivity index (χ0) is 19.8. The molecule has 1 atom stereocenters. The van der Waals surface area contributed by atoms with Crippen LogP contribution in [0.3, 0.4) is 0 Å². The number of phenolic OH excluding ortho intramolecular Hbond substituents is 1. The average molecular weight is 364 g/mol. The average Bonchev–Trinajstić information content (AvgIpc) is 2.66. The summed E-state index contributed by atoms with van der Waals surface area (Å²) in [4.78, 5) is 24.4. The molecule has 0 aliphatic carbocycles. The van der Waals surface area contributed by atoms with Gasteiger partial charge >= 0.3 is 0 Å². The molecular weight excluding hydrogens is 344 g/mol. The molecule has 6 nitrogen and oxygen atoms in total. The molecule has 0 aromatic heterocycles. The fourth-order valence-electron chi connectivity index (χ4n) is 2.60. The summed E-state index contributed by atoms with van der Waals surface area (Å²) >= 11 is 0. The number of benzene rings is 2. The van der Waals surface area contributed by atoms with E-state index in [1.807, 2.05) is 36.4 Å². The number of nitriles is 1. The lowest BCUT2D eigenvalue weighted by Crippen LogP contribution is -2.41. The number of ketones is 1. The standard InChI is InChI=1S/C21H20N2O4/c1-14(24)23-18(11-15-6-4-3-5-7-15)21(26)17(13-22)10-16-8-9-19(25)20(12-16)27-2/h3-10,12,18,25H,11H2,1-2H3,(H,23,24)/b17-10+/t18-/m0/s1. The number of rotatable bonds is 7. The highest BCUT2D eigenvalue weighted by molar-refractivity contribution is 6.07. The Labute approximate surface area is 157 Å². The number of amides is 1. The van der Waals surface area contributed by atoms with Crippen molar-refractivity contribution in [2.45, 2.75) is 19.4 Å². The smallest absolute Gasteiger partial charge is 0.217 e. The van der Waals surface area contributed by atoms with Gasteiger partial charge in [0.1, 0.15) is 6.07 Å². The van der Waals surface area contributed by atoms with Gasteiger partial charge in [0, 0.05) is 13.3 Å². The molecule has 0 radical (unpaired) electrons. The molecule has 0 aliphatic rings. The van der Waals surface area contributed by atoms with Gasteiger partial charge in [-0.05, 0) is 29.3 Å². The van der Waals surface area contributed by atoms with Crippen molar-refractivity contribution in [3.8, 4) is 17.6 Å². The van der Waals surface area contributed by atoms with E-state index in [9.17, 15) is 20.0 Å². The molecule has 2 rings (SSSR count). The fourth-order valence-corrected chi connectivity index (χ4v) is 2.60. The Kier molecular flexibility index (Phi) is 6.73. The summed E-state index contributed by atoms with van der Waals surface area (Å²) in [5, 5.41) is 21.7. The van der Waals surface area contributed by atoms with E-state index < -0.39 is 11.8 Å². The maximum absolute atomic E-state index is 12.9. The quantitative estimate of drug-likeness (QED) is 0.581. The number of phenols is 1. The molecule has 27 heavy (non-hydrogen) atoms. The lowest BCUT2D eigenvalue weighted by Gasteiger charge is -2.16. The normalized spacial score (nSPS) is 12.0. The van der Waals surface area contributed by atoms with E-state index in [0.717, 1.165) is 5.56 Å². The third kappa shape index (κ3) is 5.44. The highest BCUT2D eigenvalue weighted by atomic mass is 16.5. The molecule has 6 heteroatoms. The monoisotopic (exact) mass is 364 g/mol. The van der Waals surface area contributed by atoms with Crippen LogP contribution >= 0.6 is 0 Å². The summed E-state index contributed by atoms with van der Waals surface area (Å²) in [7, 11) is 1.41. The molecular formula is C21H20N2O4. The molecule has 0 saturated carbocycles. The molecule has 0 unspecified atom stereocenters. The summed E-state index contributed by atoms with van der Waals surface area (Å²) in [6.07, 6.45) is 1.68. The zero-order valence-electron chi connectivity index (χ0n) is 15.1. The first-order valence-electron chi connectivity index (χ1n) is 8.28. The summed E-state index contributed by atoms with van der Waals surface area (Å²) in [5.74, 6) is -0.646. The van der Waals surface area contributed by atoms with E-state index in [4.69, 9.17) is 4.74 Å². The van der Waals surface area contributed by atoms with Crippen LogP contribution in [0.5, 0.6) is 11.5 Å². The highest BCUT2D eigenvalue weighted by Crippen LogP contribution is 2.27. The summed E-state index contributed by atoms with van der Waals surface area (Å²) in [6.45, 7) is 1.33. The molecule has 0 spiro atoms. The van der Waals surface area contributed by atoms with Gasteiger partial charge in [0.25, 0.3) is 0 Å². The number of carbonyl (C=O) groups excluding carboxylic acids is 2. The van der Waals surface area contributed by atoms with Crippen LogP contribution < -0.4 is 10.1 Å². The number of carbonyl (C=O) groups is 2. The topological polar surface area (TPSA) is 99.4 Å². The number of nitrogens with one attached hydrogen (secondary N) is 1. The molecule has 0 saturated heterocycles. The first-order chi connectivity index (χ1) is 12.9. The van der Waals surface area contributed by atoms with Crippen molar-refractivity contribution in [3.05, 3.63) is 65.2 Å². The lowest BCUT2D eigenvalue weighted by atomic mass is 9.96. The van der Waals surface area contributed by atoms with Gasteiger partial charge in [0.05, 0.1) is 18.7 Å². The van der Waals surface area contributed by atoms with Gasteiger partial charge in [-0.25, -0.2) is 0 Å². The number of hydrogen-bond donors (Lipinski definition) is 2. The number of ether oxygens (including phenoxy) is 1. The Balaban J connectivity index is 2.32. The third-order valence-corrected chi connectivity index (χ3v) is 3.88. The first kappa shape index (κ1) is 19.7. The minimum absolute atomic E-state index is 0.0420. The number of Topliss-reactive ketones (excluding diaryl/α,β-unsaturated/α-hetero) is 1. The first-order valence-corrected chi connectivity index (χ1v) is 8.28. The Hall–Kier alpha value is -3.59. The van der Waals surface area contributed by atoms with Crippen molar-refractivity contribution in [1.29, 1.82) is 5.26 Å². The Morgan fingerprint density at radius 2 is 1.96 bits per heavy atom. The number of methoxy groups -OCH3 is 1. The second kappa shape index (κ2) is 9.20. The number of nitrogens with zero attached hydrogens (tertiary/aromatic N) is 1. The van der Waals surface area contributed by atoms with Crippen LogP contribution in [0.25, 0.3) is 6.08 Å². The van der Waals surface area contributed by atoms with Crippen LogP contribution in [0.1, 0.15) is 18.1 Å². The molecule has 2 aromatic carbocycles. The zero-order valence-corrected chi connectivity index (χ0v) is 15.1. The van der Waals surface area contributed by atoms with Gasteiger partial charge in [0.15, 0.2) is 17.3 Å². The Morgan fingerprint density at radius 1 is 1.26 bits per heavy atom. The van der Waals surface area contributed by atoms with E-state index in [1.54, 1.807) is 6.07 Å². The molecule has 138 valence electrons. The maximum Gasteiger partial charge on any atom is 0.217 e. The van der Waals surface area contributed by atoms with Crippen LogP contribution in [0.15, 0.2) is 54.1 Å². The van der Waals surface area contributed by atoms with Gasteiger partial charge in [0.2, 0.25) is 5.91 Å². The minimum Gasteiger partial charge on any atom is -0.504 e. The number of hydrogen-bond acceptors (Lipinski definition) is 5. The van der Waals surface area contributed by atoms with E-state index >= 15 is 0 Å². The van der Waals surface area contributed by atoms with Crippen molar-refractivity contribution in [1.82, 2.24) is 5.32 Å². The lowest BCUT2D eigenvalue weighted by molar-refractivity contribution is -0.124. The van der Waals surface area contributed by atoms with Crippen molar-refractivity contribution in [3.63, 3.8) is 0 Å². The van der Waals surface area contributed by atoms with E-state index in [0.29, 0.717) is 5.56 Å². The van der Waals surface area contributed by atoms with Crippen LogP contribution in [-0.2, 0) is 16.0 Å². The van der Waals surface area contributed by atoms with Gasteiger partial charge < -0.3 is 15.2 Å². The van der Waals surface area contributed by atoms with Gasteiger partial charge in [-0.15, -0.1) is 0 Å². The van der Waals surface area contributed by atoms with E-state index in [1.165, 1.54) is 32.2 Å². The third-order valence-electron chi connectivity index (χ3n) is 3.88. The molecule has 1 amide bonds. The SMILES string of the molecule is COc1cc(/C=C(\C#N)C(=O)[C@H](Cc2ccccc2)NC(C)=O)ccc1O. The molecule has 0 heterocycles.